The van der Waals surface area contributed by atoms with Crippen molar-refractivity contribution in [3.05, 3.63) is 29.8 Å². The molecule has 1 aromatic rings. The zero-order valence-electron chi connectivity index (χ0n) is 10.5. The van der Waals surface area contributed by atoms with E-state index in [1.807, 2.05) is 18.2 Å². The molecular weight excluding hydrogens is 232 g/mol. The number of hydrogen-bond acceptors (Lipinski definition) is 1. The summed E-state index contributed by atoms with van der Waals surface area (Å²) in [5.41, 5.74) is 1.13. The lowest BCUT2D eigenvalue weighted by Gasteiger charge is -2.31. The standard InChI is InChI=1S/C15H21ClO/c1-2-13-7-3-4-9-15(13)17-14-8-5-6-12(10-14)11-16/h5-6,8,10,13,15H,2-4,7,9,11H2,1H3. The van der Waals surface area contributed by atoms with Crippen molar-refractivity contribution in [1.82, 2.24) is 0 Å². The maximum absolute atomic E-state index is 6.14. The van der Waals surface area contributed by atoms with Gasteiger partial charge < -0.3 is 4.74 Å². The smallest absolute Gasteiger partial charge is 0.120 e. The van der Waals surface area contributed by atoms with Gasteiger partial charge in [-0.15, -0.1) is 11.6 Å². The average molecular weight is 253 g/mol. The number of ether oxygens (including phenoxy) is 1. The quantitative estimate of drug-likeness (QED) is 0.701. The van der Waals surface area contributed by atoms with E-state index in [4.69, 9.17) is 16.3 Å². The molecule has 1 saturated carbocycles. The summed E-state index contributed by atoms with van der Waals surface area (Å²) in [6.45, 7) is 2.27. The summed E-state index contributed by atoms with van der Waals surface area (Å²) in [4.78, 5) is 0. The Morgan fingerprint density at radius 1 is 1.29 bits per heavy atom. The minimum Gasteiger partial charge on any atom is -0.490 e. The van der Waals surface area contributed by atoms with Crippen LogP contribution in [-0.2, 0) is 5.88 Å². The summed E-state index contributed by atoms with van der Waals surface area (Å²) in [7, 11) is 0. The number of alkyl halides is 1. The van der Waals surface area contributed by atoms with Gasteiger partial charge in [0.05, 0.1) is 0 Å². The molecule has 1 aliphatic carbocycles. The van der Waals surface area contributed by atoms with Gasteiger partial charge in [0.2, 0.25) is 0 Å². The third-order valence-electron chi connectivity index (χ3n) is 3.70. The van der Waals surface area contributed by atoms with E-state index in [1.165, 1.54) is 32.1 Å². The highest BCUT2D eigenvalue weighted by Gasteiger charge is 2.25. The second-order valence-corrected chi connectivity index (χ2v) is 5.16. The first-order valence-corrected chi connectivity index (χ1v) is 7.18. The van der Waals surface area contributed by atoms with Gasteiger partial charge in [-0.05, 0) is 49.3 Å². The molecule has 0 heterocycles. The van der Waals surface area contributed by atoms with Crippen LogP contribution >= 0.6 is 11.6 Å². The third kappa shape index (κ3) is 3.38. The Morgan fingerprint density at radius 2 is 2.12 bits per heavy atom. The van der Waals surface area contributed by atoms with Crippen molar-refractivity contribution < 1.29 is 4.74 Å². The molecule has 0 saturated heterocycles. The summed E-state index contributed by atoms with van der Waals surface area (Å²) >= 11 is 5.84. The summed E-state index contributed by atoms with van der Waals surface area (Å²) in [5.74, 6) is 2.26. The van der Waals surface area contributed by atoms with E-state index in [0.717, 1.165) is 17.2 Å². The summed E-state index contributed by atoms with van der Waals surface area (Å²) in [6, 6.07) is 8.17. The molecule has 0 radical (unpaired) electrons. The maximum atomic E-state index is 6.14. The van der Waals surface area contributed by atoms with Gasteiger partial charge >= 0.3 is 0 Å². The fourth-order valence-corrected chi connectivity index (χ4v) is 2.84. The van der Waals surface area contributed by atoms with Crippen LogP contribution in [0, 0.1) is 5.92 Å². The van der Waals surface area contributed by atoms with Crippen molar-refractivity contribution in [3.8, 4) is 5.75 Å². The third-order valence-corrected chi connectivity index (χ3v) is 4.01. The number of hydrogen-bond donors (Lipinski definition) is 0. The molecule has 0 N–H and O–H groups in total. The Labute approximate surface area is 109 Å². The normalized spacial score (nSPS) is 24.6. The zero-order chi connectivity index (χ0) is 12.1. The van der Waals surface area contributed by atoms with Gasteiger partial charge in [0.15, 0.2) is 0 Å². The Balaban J connectivity index is 2.02. The highest BCUT2D eigenvalue weighted by Crippen LogP contribution is 2.30. The van der Waals surface area contributed by atoms with Crippen molar-refractivity contribution in [1.29, 1.82) is 0 Å². The van der Waals surface area contributed by atoms with Crippen LogP contribution in [0.4, 0.5) is 0 Å². The molecule has 0 amide bonds. The molecule has 1 fully saturated rings. The van der Waals surface area contributed by atoms with Crippen LogP contribution in [0.1, 0.15) is 44.6 Å². The van der Waals surface area contributed by atoms with E-state index in [9.17, 15) is 0 Å². The van der Waals surface area contributed by atoms with Gasteiger partial charge in [0, 0.05) is 5.88 Å². The number of halogens is 1. The Bertz CT molecular complexity index is 351. The van der Waals surface area contributed by atoms with Gasteiger partial charge in [-0.3, -0.25) is 0 Å². The van der Waals surface area contributed by atoms with Crippen LogP contribution in [0.15, 0.2) is 24.3 Å². The van der Waals surface area contributed by atoms with Gasteiger partial charge in [-0.25, -0.2) is 0 Å². The highest BCUT2D eigenvalue weighted by molar-refractivity contribution is 6.17. The van der Waals surface area contributed by atoms with Crippen LogP contribution < -0.4 is 4.74 Å². The van der Waals surface area contributed by atoms with Crippen LogP contribution in [0.5, 0.6) is 5.75 Å². The van der Waals surface area contributed by atoms with E-state index in [-0.39, 0.29) is 0 Å². The molecule has 17 heavy (non-hydrogen) atoms. The molecule has 1 nitrogen and oxygen atoms in total. The molecule has 0 spiro atoms. The van der Waals surface area contributed by atoms with Crippen molar-refractivity contribution in [2.75, 3.05) is 0 Å². The topological polar surface area (TPSA) is 9.23 Å². The van der Waals surface area contributed by atoms with E-state index in [2.05, 4.69) is 13.0 Å². The molecule has 1 aromatic carbocycles. The van der Waals surface area contributed by atoms with Gasteiger partial charge in [0.25, 0.3) is 0 Å². The van der Waals surface area contributed by atoms with Crippen LogP contribution in [-0.4, -0.2) is 6.10 Å². The van der Waals surface area contributed by atoms with Crippen LogP contribution in [0.2, 0.25) is 0 Å². The fourth-order valence-electron chi connectivity index (χ4n) is 2.67. The molecule has 2 heteroatoms. The van der Waals surface area contributed by atoms with Gasteiger partial charge in [0.1, 0.15) is 11.9 Å². The molecule has 2 unspecified atom stereocenters. The predicted octanol–water partition coefficient (Wildman–Crippen LogP) is 4.77. The van der Waals surface area contributed by atoms with Crippen LogP contribution in [0.25, 0.3) is 0 Å². The highest BCUT2D eigenvalue weighted by atomic mass is 35.5. The number of rotatable bonds is 4. The van der Waals surface area contributed by atoms with Crippen molar-refractivity contribution in [2.24, 2.45) is 5.92 Å². The van der Waals surface area contributed by atoms with Crippen LogP contribution in [0.3, 0.4) is 0 Å². The zero-order valence-corrected chi connectivity index (χ0v) is 11.2. The van der Waals surface area contributed by atoms with E-state index in [0.29, 0.717) is 12.0 Å². The first-order chi connectivity index (χ1) is 8.33. The predicted molar refractivity (Wildman–Crippen MR) is 72.7 cm³/mol. The molecule has 0 aliphatic heterocycles. The lowest BCUT2D eigenvalue weighted by atomic mass is 9.85. The Morgan fingerprint density at radius 3 is 2.88 bits per heavy atom. The largest absolute Gasteiger partial charge is 0.490 e. The van der Waals surface area contributed by atoms with E-state index >= 15 is 0 Å². The number of benzene rings is 1. The Hall–Kier alpha value is -0.690. The minimum absolute atomic E-state index is 0.402. The molecule has 94 valence electrons. The second-order valence-electron chi connectivity index (χ2n) is 4.89. The molecule has 0 bridgehead atoms. The molecule has 1 aliphatic rings. The summed E-state index contributed by atoms with van der Waals surface area (Å²) in [6.07, 6.45) is 6.80. The van der Waals surface area contributed by atoms with Crippen molar-refractivity contribution in [3.63, 3.8) is 0 Å². The van der Waals surface area contributed by atoms with Gasteiger partial charge in [-0.1, -0.05) is 25.5 Å². The lowest BCUT2D eigenvalue weighted by molar-refractivity contribution is 0.0903. The summed E-state index contributed by atoms with van der Waals surface area (Å²) < 4.78 is 6.14. The molecular formula is C15H21ClO. The monoisotopic (exact) mass is 252 g/mol. The molecule has 2 atom stereocenters. The lowest BCUT2D eigenvalue weighted by Crippen LogP contribution is -2.29. The fraction of sp³-hybridized carbons (Fsp3) is 0.600. The average Bonchev–Trinajstić information content (AvgIpc) is 2.39. The first kappa shape index (κ1) is 12.8. The van der Waals surface area contributed by atoms with E-state index in [1.54, 1.807) is 0 Å². The molecule has 2 rings (SSSR count). The van der Waals surface area contributed by atoms with E-state index < -0.39 is 0 Å². The Kier molecular flexibility index (Phi) is 4.73. The van der Waals surface area contributed by atoms with Crippen molar-refractivity contribution >= 4 is 11.6 Å². The maximum Gasteiger partial charge on any atom is 0.120 e. The SMILES string of the molecule is CCC1CCCCC1Oc1cccc(CCl)c1. The summed E-state index contributed by atoms with van der Waals surface area (Å²) in [5, 5.41) is 0. The second kappa shape index (κ2) is 6.30. The molecule has 0 aromatic heterocycles. The first-order valence-electron chi connectivity index (χ1n) is 6.65. The van der Waals surface area contributed by atoms with Crippen molar-refractivity contribution in [2.45, 2.75) is 51.0 Å². The van der Waals surface area contributed by atoms with Gasteiger partial charge in [-0.2, -0.15) is 0 Å². The minimum atomic E-state index is 0.402.